The highest BCUT2D eigenvalue weighted by Gasteiger charge is 2.21. The van der Waals surface area contributed by atoms with Crippen molar-refractivity contribution in [2.75, 3.05) is 0 Å². The average molecular weight is 450 g/mol. The molecule has 0 amide bonds. The molecule has 166 valence electrons. The fourth-order valence-corrected chi connectivity index (χ4v) is 5.37. The predicted octanol–water partition coefficient (Wildman–Crippen LogP) is 8.69. The highest BCUT2D eigenvalue weighted by atomic mass is 16.3. The molecule has 0 unspecified atom stereocenters. The van der Waals surface area contributed by atoms with Crippen LogP contribution in [-0.2, 0) is 0 Å². The topological polar surface area (TPSA) is 17.6 Å². The lowest BCUT2D eigenvalue weighted by Gasteiger charge is -2.19. The summed E-state index contributed by atoms with van der Waals surface area (Å²) in [6, 6.07) is 47.3. The maximum Gasteiger partial charge on any atom is 0.213 e. The first-order valence-corrected chi connectivity index (χ1v) is 12.0. The van der Waals surface area contributed by atoms with E-state index in [4.69, 9.17) is 4.42 Å². The van der Waals surface area contributed by atoms with Crippen LogP contribution in [0, 0.1) is 0 Å². The van der Waals surface area contributed by atoms with Gasteiger partial charge in [-0.25, -0.2) is 0 Å². The van der Waals surface area contributed by atoms with Crippen LogP contribution in [0.2, 0.25) is 0 Å². The molecule has 2 heterocycles. The van der Waals surface area contributed by atoms with Gasteiger partial charge in [-0.2, -0.15) is 0 Å². The van der Waals surface area contributed by atoms with Gasteiger partial charge in [-0.05, 0) is 40.5 Å². The molecule has 0 fully saturated rings. The predicted molar refractivity (Wildman–Crippen MR) is 144 cm³/mol. The lowest BCUT2D eigenvalue weighted by atomic mass is 9.84. The van der Waals surface area contributed by atoms with E-state index >= 15 is 0 Å². The van der Waals surface area contributed by atoms with Gasteiger partial charge in [-0.3, -0.25) is 4.40 Å². The first-order valence-electron chi connectivity index (χ1n) is 12.0. The third-order valence-corrected chi connectivity index (χ3v) is 6.94. The standard InChI is InChI=1S/C33H23NO/c1-3-11-23(12-4-1)31(24-13-5-2-6-14-24)25-19-21-26(22-20-25)32-27-15-7-8-16-28(27)34-29-17-9-10-18-30(29)35-33(32)34/h1-22,31H. The highest BCUT2D eigenvalue weighted by molar-refractivity contribution is 6.06. The first-order chi connectivity index (χ1) is 17.4. The van der Waals surface area contributed by atoms with Gasteiger partial charge in [0, 0.05) is 11.3 Å². The monoisotopic (exact) mass is 449 g/mol. The molecule has 7 aromatic rings. The molecule has 2 aromatic heterocycles. The molecule has 0 spiro atoms. The Morgan fingerprint density at radius 1 is 0.486 bits per heavy atom. The van der Waals surface area contributed by atoms with E-state index in [0.717, 1.165) is 33.5 Å². The molecule has 0 atom stereocenters. The van der Waals surface area contributed by atoms with Crippen molar-refractivity contribution in [3.8, 4) is 11.1 Å². The van der Waals surface area contributed by atoms with Gasteiger partial charge < -0.3 is 4.42 Å². The van der Waals surface area contributed by atoms with Crippen molar-refractivity contribution in [2.24, 2.45) is 0 Å². The second-order valence-electron chi connectivity index (χ2n) is 8.98. The summed E-state index contributed by atoms with van der Waals surface area (Å²) in [5, 5.41) is 1.20. The largest absolute Gasteiger partial charge is 0.438 e. The molecule has 2 nitrogen and oxygen atoms in total. The number of para-hydroxylation sites is 3. The van der Waals surface area contributed by atoms with Crippen molar-refractivity contribution in [2.45, 2.75) is 5.92 Å². The van der Waals surface area contributed by atoms with E-state index in [1.54, 1.807) is 0 Å². The zero-order chi connectivity index (χ0) is 23.2. The molecule has 0 saturated carbocycles. The Hall–Kier alpha value is -4.56. The van der Waals surface area contributed by atoms with Gasteiger partial charge in [-0.15, -0.1) is 0 Å². The van der Waals surface area contributed by atoms with Crippen molar-refractivity contribution in [1.82, 2.24) is 4.40 Å². The fraction of sp³-hybridized carbons (Fsp3) is 0.0303. The highest BCUT2D eigenvalue weighted by Crippen LogP contribution is 2.40. The number of benzene rings is 5. The van der Waals surface area contributed by atoms with Crippen LogP contribution in [0.4, 0.5) is 0 Å². The SMILES string of the molecule is c1ccc(C(c2ccccc2)c2ccc(-c3c4ccccc4n4c3oc3ccccc34)cc2)cc1. The summed E-state index contributed by atoms with van der Waals surface area (Å²) >= 11 is 0. The van der Waals surface area contributed by atoms with Crippen LogP contribution in [-0.4, -0.2) is 4.40 Å². The summed E-state index contributed by atoms with van der Waals surface area (Å²) in [5.74, 6) is 0.184. The van der Waals surface area contributed by atoms with Gasteiger partial charge in [0.05, 0.1) is 16.6 Å². The van der Waals surface area contributed by atoms with E-state index in [1.165, 1.54) is 22.1 Å². The molecule has 0 saturated heterocycles. The Bertz CT molecular complexity index is 1730. The number of fused-ring (bicyclic) bond motifs is 5. The van der Waals surface area contributed by atoms with Crippen LogP contribution < -0.4 is 0 Å². The van der Waals surface area contributed by atoms with Gasteiger partial charge in [0.2, 0.25) is 5.71 Å². The van der Waals surface area contributed by atoms with Crippen molar-refractivity contribution < 1.29 is 4.42 Å². The maximum atomic E-state index is 6.40. The lowest BCUT2D eigenvalue weighted by molar-refractivity contribution is 0.658. The van der Waals surface area contributed by atoms with Crippen LogP contribution >= 0.6 is 0 Å². The molecule has 35 heavy (non-hydrogen) atoms. The minimum Gasteiger partial charge on any atom is -0.438 e. The summed E-state index contributed by atoms with van der Waals surface area (Å²) in [4.78, 5) is 0. The molecule has 2 heteroatoms. The summed E-state index contributed by atoms with van der Waals surface area (Å²) in [5.41, 5.74) is 10.2. The molecular weight excluding hydrogens is 426 g/mol. The number of oxazole rings is 1. The fourth-order valence-electron chi connectivity index (χ4n) is 5.37. The van der Waals surface area contributed by atoms with Crippen LogP contribution in [0.3, 0.4) is 0 Å². The number of hydrogen-bond acceptors (Lipinski definition) is 1. The van der Waals surface area contributed by atoms with Crippen LogP contribution in [0.1, 0.15) is 22.6 Å². The Balaban J connectivity index is 1.41. The number of aromatic nitrogens is 1. The van der Waals surface area contributed by atoms with Crippen molar-refractivity contribution in [1.29, 1.82) is 0 Å². The number of hydrogen-bond donors (Lipinski definition) is 0. The van der Waals surface area contributed by atoms with E-state index in [1.807, 2.05) is 12.1 Å². The van der Waals surface area contributed by atoms with Crippen molar-refractivity contribution in [3.63, 3.8) is 0 Å². The second kappa shape index (κ2) is 8.03. The summed E-state index contributed by atoms with van der Waals surface area (Å²) in [7, 11) is 0. The summed E-state index contributed by atoms with van der Waals surface area (Å²) in [6.07, 6.45) is 0. The zero-order valence-electron chi connectivity index (χ0n) is 19.1. The third-order valence-electron chi connectivity index (χ3n) is 6.94. The van der Waals surface area contributed by atoms with Crippen LogP contribution in [0.5, 0.6) is 0 Å². The molecule has 0 radical (unpaired) electrons. The normalized spacial score (nSPS) is 11.7. The minimum absolute atomic E-state index is 0.184. The summed E-state index contributed by atoms with van der Waals surface area (Å²) < 4.78 is 8.64. The van der Waals surface area contributed by atoms with E-state index < -0.39 is 0 Å². The molecule has 7 rings (SSSR count). The lowest BCUT2D eigenvalue weighted by Crippen LogP contribution is -2.03. The van der Waals surface area contributed by atoms with Crippen molar-refractivity contribution in [3.05, 3.63) is 150 Å². The average Bonchev–Trinajstić information content (AvgIpc) is 3.45. The van der Waals surface area contributed by atoms with Gasteiger partial charge in [0.15, 0.2) is 5.58 Å². The minimum atomic E-state index is 0.184. The molecule has 0 bridgehead atoms. The van der Waals surface area contributed by atoms with Gasteiger partial charge in [0.1, 0.15) is 0 Å². The molecule has 0 N–H and O–H groups in total. The molecule has 5 aromatic carbocycles. The van der Waals surface area contributed by atoms with Gasteiger partial charge >= 0.3 is 0 Å². The quantitative estimate of drug-likeness (QED) is 0.246. The van der Waals surface area contributed by atoms with E-state index in [9.17, 15) is 0 Å². The Morgan fingerprint density at radius 2 is 1.03 bits per heavy atom. The summed E-state index contributed by atoms with van der Waals surface area (Å²) in [6.45, 7) is 0. The van der Waals surface area contributed by atoms with Crippen LogP contribution in [0.15, 0.2) is 138 Å². The Labute approximate surface area is 203 Å². The van der Waals surface area contributed by atoms with E-state index in [-0.39, 0.29) is 5.92 Å². The van der Waals surface area contributed by atoms with Crippen LogP contribution in [0.25, 0.3) is 38.8 Å². The zero-order valence-corrected chi connectivity index (χ0v) is 19.1. The second-order valence-corrected chi connectivity index (χ2v) is 8.98. The molecule has 0 aliphatic heterocycles. The molecule has 0 aliphatic rings. The smallest absolute Gasteiger partial charge is 0.213 e. The van der Waals surface area contributed by atoms with E-state index in [2.05, 4.69) is 126 Å². The molecular formula is C33H23NO. The van der Waals surface area contributed by atoms with Crippen molar-refractivity contribution >= 4 is 27.7 Å². The van der Waals surface area contributed by atoms with Gasteiger partial charge in [0.25, 0.3) is 0 Å². The van der Waals surface area contributed by atoms with E-state index in [0.29, 0.717) is 0 Å². The molecule has 0 aliphatic carbocycles. The van der Waals surface area contributed by atoms with Gasteiger partial charge in [-0.1, -0.05) is 115 Å². The first kappa shape index (κ1) is 19.9. The third kappa shape index (κ3) is 3.18. The number of nitrogens with zero attached hydrogens (tertiary/aromatic N) is 1. The Kier molecular flexibility index (Phi) is 4.56. The maximum absolute atomic E-state index is 6.40. The Morgan fingerprint density at radius 3 is 1.71 bits per heavy atom. The number of rotatable bonds is 4.